The van der Waals surface area contributed by atoms with Gasteiger partial charge in [0.15, 0.2) is 0 Å². The maximum Gasteiger partial charge on any atom is 0.322 e. The fourth-order valence-corrected chi connectivity index (χ4v) is 4.67. The van der Waals surface area contributed by atoms with Gasteiger partial charge in [-0.1, -0.05) is 24.3 Å². The van der Waals surface area contributed by atoms with E-state index in [0.717, 1.165) is 9.69 Å². The van der Waals surface area contributed by atoms with Crippen LogP contribution in [0.5, 0.6) is 0 Å². The van der Waals surface area contributed by atoms with E-state index in [0.29, 0.717) is 23.9 Å². The van der Waals surface area contributed by atoms with Crippen LogP contribution in [0.3, 0.4) is 0 Å². The van der Waals surface area contributed by atoms with Crippen molar-refractivity contribution in [3.8, 4) is 0 Å². The Hall–Kier alpha value is -1.99. The number of fused-ring (bicyclic) bond motifs is 1. The monoisotopic (exact) mass is 320 g/mol. The van der Waals surface area contributed by atoms with Gasteiger partial charge in [0.25, 0.3) is 0 Å². The molecule has 1 aromatic heterocycles. The molecule has 1 fully saturated rings. The fraction of sp³-hybridized carbons (Fsp3) is 0.333. The molecule has 6 nitrogen and oxygen atoms in total. The van der Waals surface area contributed by atoms with Crippen LogP contribution < -0.4 is 0 Å². The average molecular weight is 320 g/mol. The Bertz CT molecular complexity index is 814. The summed E-state index contributed by atoms with van der Waals surface area (Å²) in [5.74, 6) is -1.32. The largest absolute Gasteiger partial charge is 0.480 e. The summed E-state index contributed by atoms with van der Waals surface area (Å²) in [6.07, 6.45) is 2.56. The van der Waals surface area contributed by atoms with Gasteiger partial charge in [0.1, 0.15) is 6.04 Å². The molecule has 0 aliphatic carbocycles. The Labute approximate surface area is 128 Å². The van der Waals surface area contributed by atoms with E-state index in [9.17, 15) is 13.2 Å². The minimum atomic E-state index is -3.69. The van der Waals surface area contributed by atoms with Crippen molar-refractivity contribution in [1.82, 2.24) is 9.29 Å². The second-order valence-corrected chi connectivity index (χ2v) is 7.28. The third kappa shape index (κ3) is 2.69. The first-order chi connectivity index (χ1) is 10.5. The van der Waals surface area contributed by atoms with Gasteiger partial charge in [0.2, 0.25) is 10.0 Å². The summed E-state index contributed by atoms with van der Waals surface area (Å²) in [6, 6.07) is 8.09. The fourth-order valence-electron chi connectivity index (χ4n) is 2.88. The number of rotatable bonds is 4. The second-order valence-electron chi connectivity index (χ2n) is 5.36. The number of aromatic nitrogens is 1. The molecule has 2 aromatic rings. The number of hydrogen-bond donors (Lipinski definition) is 1. The highest BCUT2D eigenvalue weighted by atomic mass is 32.2. The molecule has 0 spiro atoms. The number of sulfonamides is 1. The zero-order chi connectivity index (χ0) is 15.7. The van der Waals surface area contributed by atoms with E-state index in [2.05, 4.69) is 4.98 Å². The highest BCUT2D eigenvalue weighted by Crippen LogP contribution is 2.25. The number of aliphatic carboxylic acids is 1. The standard InChI is InChI=1S/C15H16N2O4S/c18-15(19)13-7-3-9-17(13)22(20,21)10-12-5-1-4-11-6-2-8-16-14(11)12/h1-2,4-6,8,13H,3,7,9-10H2,(H,18,19)/t13-/m0/s1. The molecular formula is C15H16N2O4S. The summed E-state index contributed by atoms with van der Waals surface area (Å²) in [6.45, 7) is 0.261. The van der Waals surface area contributed by atoms with Crippen molar-refractivity contribution < 1.29 is 18.3 Å². The van der Waals surface area contributed by atoms with Crippen molar-refractivity contribution in [3.05, 3.63) is 42.1 Å². The second kappa shape index (κ2) is 5.66. The maximum atomic E-state index is 12.6. The van der Waals surface area contributed by atoms with Crippen LogP contribution in [0.15, 0.2) is 36.5 Å². The van der Waals surface area contributed by atoms with Gasteiger partial charge < -0.3 is 5.11 Å². The van der Waals surface area contributed by atoms with E-state index in [1.54, 1.807) is 24.4 Å². The maximum absolute atomic E-state index is 12.6. The third-order valence-corrected chi connectivity index (χ3v) is 5.73. The summed E-state index contributed by atoms with van der Waals surface area (Å²) >= 11 is 0. The Balaban J connectivity index is 1.95. The molecule has 22 heavy (non-hydrogen) atoms. The number of pyridine rings is 1. The molecule has 0 radical (unpaired) electrons. The normalized spacial score (nSPS) is 19.5. The number of benzene rings is 1. The molecule has 0 saturated carbocycles. The summed E-state index contributed by atoms with van der Waals surface area (Å²) < 4.78 is 26.3. The number of carboxylic acids is 1. The number of hydrogen-bond acceptors (Lipinski definition) is 4. The van der Waals surface area contributed by atoms with E-state index in [1.165, 1.54) is 0 Å². The SMILES string of the molecule is O=C(O)[C@@H]1CCCN1S(=O)(=O)Cc1cccc2cccnc12. The number of para-hydroxylation sites is 1. The molecule has 0 amide bonds. The first-order valence-electron chi connectivity index (χ1n) is 7.04. The highest BCUT2D eigenvalue weighted by molar-refractivity contribution is 7.88. The Morgan fingerprint density at radius 3 is 2.86 bits per heavy atom. The smallest absolute Gasteiger partial charge is 0.322 e. The van der Waals surface area contributed by atoms with Gasteiger partial charge in [-0.15, -0.1) is 0 Å². The number of nitrogens with zero attached hydrogens (tertiary/aromatic N) is 2. The number of carbonyl (C=O) groups is 1. The summed E-state index contributed by atoms with van der Waals surface area (Å²) in [5, 5.41) is 10.0. The van der Waals surface area contributed by atoms with Crippen molar-refractivity contribution in [2.45, 2.75) is 24.6 Å². The van der Waals surface area contributed by atoms with Crippen molar-refractivity contribution in [1.29, 1.82) is 0 Å². The van der Waals surface area contributed by atoms with Crippen molar-refractivity contribution in [2.24, 2.45) is 0 Å². The molecule has 2 heterocycles. The molecule has 3 rings (SSSR count). The van der Waals surface area contributed by atoms with Crippen molar-refractivity contribution >= 4 is 26.9 Å². The van der Waals surface area contributed by atoms with E-state index in [4.69, 9.17) is 5.11 Å². The predicted molar refractivity (Wildman–Crippen MR) is 81.7 cm³/mol. The molecule has 1 N–H and O–H groups in total. The topological polar surface area (TPSA) is 87.6 Å². The van der Waals surface area contributed by atoms with E-state index in [1.807, 2.05) is 12.1 Å². The number of carboxylic acid groups (broad SMARTS) is 1. The lowest BCUT2D eigenvalue weighted by Gasteiger charge is -2.21. The van der Waals surface area contributed by atoms with Gasteiger partial charge in [0, 0.05) is 18.1 Å². The van der Waals surface area contributed by atoms with Crippen LogP contribution in [0.4, 0.5) is 0 Å². The molecule has 7 heteroatoms. The van der Waals surface area contributed by atoms with Crippen molar-refractivity contribution in [3.63, 3.8) is 0 Å². The van der Waals surface area contributed by atoms with Crippen LogP contribution >= 0.6 is 0 Å². The minimum absolute atomic E-state index is 0.231. The summed E-state index contributed by atoms with van der Waals surface area (Å²) in [5.41, 5.74) is 1.23. The van der Waals surface area contributed by atoms with Crippen LogP contribution in [0.1, 0.15) is 18.4 Å². The minimum Gasteiger partial charge on any atom is -0.480 e. The van der Waals surface area contributed by atoms with Crippen LogP contribution in [0, 0.1) is 0 Å². The quantitative estimate of drug-likeness (QED) is 0.925. The van der Waals surface area contributed by atoms with Gasteiger partial charge in [-0.3, -0.25) is 9.78 Å². The molecule has 116 valence electrons. The van der Waals surface area contributed by atoms with Crippen molar-refractivity contribution in [2.75, 3.05) is 6.54 Å². The van der Waals surface area contributed by atoms with E-state index in [-0.39, 0.29) is 12.3 Å². The lowest BCUT2D eigenvalue weighted by atomic mass is 10.1. The van der Waals surface area contributed by atoms with Gasteiger partial charge >= 0.3 is 5.97 Å². The molecule has 1 atom stereocenters. The zero-order valence-corrected chi connectivity index (χ0v) is 12.7. The first kappa shape index (κ1) is 14.9. The molecule has 1 aromatic carbocycles. The van der Waals surface area contributed by atoms with Crippen LogP contribution in [0.2, 0.25) is 0 Å². The van der Waals surface area contributed by atoms with Crippen LogP contribution in [0.25, 0.3) is 10.9 Å². The molecule has 0 bridgehead atoms. The molecule has 1 saturated heterocycles. The van der Waals surface area contributed by atoms with Gasteiger partial charge in [-0.2, -0.15) is 4.31 Å². The van der Waals surface area contributed by atoms with Crippen LogP contribution in [-0.4, -0.2) is 41.4 Å². The summed E-state index contributed by atoms with van der Waals surface area (Å²) in [4.78, 5) is 15.5. The highest BCUT2D eigenvalue weighted by Gasteiger charge is 2.38. The molecule has 0 unspecified atom stereocenters. The Kier molecular flexibility index (Phi) is 3.84. The molecule has 1 aliphatic heterocycles. The first-order valence-corrected chi connectivity index (χ1v) is 8.65. The van der Waals surface area contributed by atoms with E-state index < -0.39 is 22.0 Å². The van der Waals surface area contributed by atoms with Crippen LogP contribution in [-0.2, 0) is 20.6 Å². The lowest BCUT2D eigenvalue weighted by molar-refractivity contribution is -0.140. The van der Waals surface area contributed by atoms with Gasteiger partial charge in [0.05, 0.1) is 11.3 Å². The Morgan fingerprint density at radius 1 is 1.32 bits per heavy atom. The van der Waals surface area contributed by atoms with Gasteiger partial charge in [-0.25, -0.2) is 8.42 Å². The Morgan fingerprint density at radius 2 is 2.09 bits per heavy atom. The predicted octanol–water partition coefficient (Wildman–Crippen LogP) is 1.61. The van der Waals surface area contributed by atoms with E-state index >= 15 is 0 Å². The van der Waals surface area contributed by atoms with Gasteiger partial charge in [-0.05, 0) is 24.5 Å². The molecule has 1 aliphatic rings. The third-order valence-electron chi connectivity index (χ3n) is 3.90. The summed E-state index contributed by atoms with van der Waals surface area (Å²) in [7, 11) is -3.69. The zero-order valence-electron chi connectivity index (χ0n) is 11.8. The lowest BCUT2D eigenvalue weighted by Crippen LogP contribution is -2.40. The average Bonchev–Trinajstić information content (AvgIpc) is 2.98. The molecular weight excluding hydrogens is 304 g/mol.